The number of carbonyl (C=O) groups is 2. The topological polar surface area (TPSA) is 58.2 Å². The molecule has 22 heavy (non-hydrogen) atoms. The summed E-state index contributed by atoms with van der Waals surface area (Å²) < 4.78 is 1.62. The molecule has 0 aromatic carbocycles. The Labute approximate surface area is 169 Å². The van der Waals surface area contributed by atoms with Crippen LogP contribution in [-0.2, 0) is 9.59 Å². The molecule has 8 heteroatoms. The molecule has 0 aliphatic heterocycles. The monoisotopic (exact) mass is 542 g/mol. The van der Waals surface area contributed by atoms with E-state index in [9.17, 15) is 9.59 Å². The van der Waals surface area contributed by atoms with Crippen molar-refractivity contribution in [2.24, 2.45) is 0 Å². The third-order valence-electron chi connectivity index (χ3n) is 2.79. The second kappa shape index (κ2) is 12.7. The van der Waals surface area contributed by atoms with Gasteiger partial charge in [0.2, 0.25) is 11.8 Å². The van der Waals surface area contributed by atoms with Gasteiger partial charge in [-0.1, -0.05) is 0 Å². The number of hydrogen-bond acceptors (Lipinski definition) is 2. The highest BCUT2D eigenvalue weighted by Gasteiger charge is 2.11. The molecule has 0 fully saturated rings. The Hall–Kier alpha value is 0.320. The van der Waals surface area contributed by atoms with Gasteiger partial charge in [-0.2, -0.15) is 0 Å². The zero-order chi connectivity index (χ0) is 15.8. The van der Waals surface area contributed by atoms with Crippen LogP contribution in [0, 0.1) is 0 Å². The summed E-state index contributed by atoms with van der Waals surface area (Å²) in [5.74, 6) is -0.111. The lowest BCUT2D eigenvalue weighted by Gasteiger charge is -2.24. The number of rotatable bonds is 9. The Bertz CT molecular complexity index is 294. The summed E-state index contributed by atoms with van der Waals surface area (Å²) in [5.41, 5.74) is 0. The van der Waals surface area contributed by atoms with Gasteiger partial charge in [0.25, 0.3) is 0 Å². The zero-order valence-electron chi connectivity index (χ0n) is 14.7. The van der Waals surface area contributed by atoms with Gasteiger partial charge in [0, 0.05) is 12.8 Å². The highest BCUT2D eigenvalue weighted by Crippen LogP contribution is 1.92. The molecule has 0 rings (SSSR count). The Kier molecular flexibility index (Phi) is 15.7. The van der Waals surface area contributed by atoms with E-state index in [-0.39, 0.29) is 72.6 Å². The first-order valence-electron chi connectivity index (χ1n) is 7.14. The third-order valence-corrected chi connectivity index (χ3v) is 2.79. The summed E-state index contributed by atoms with van der Waals surface area (Å²) in [6.45, 7) is 3.04. The molecule has 134 valence electrons. The van der Waals surface area contributed by atoms with Crippen LogP contribution in [-0.4, -0.2) is 89.2 Å². The number of hydrogen-bond donors (Lipinski definition) is 2. The highest BCUT2D eigenvalue weighted by atomic mass is 127. The average Bonchev–Trinajstić information content (AvgIpc) is 2.22. The van der Waals surface area contributed by atoms with Crippen LogP contribution < -0.4 is 58.6 Å². The Morgan fingerprint density at radius 3 is 1.18 bits per heavy atom. The molecule has 0 atom stereocenters. The van der Waals surface area contributed by atoms with Crippen molar-refractivity contribution in [1.82, 2.24) is 10.6 Å². The lowest BCUT2D eigenvalue weighted by atomic mass is 10.2. The van der Waals surface area contributed by atoms with Gasteiger partial charge in [-0.15, -0.1) is 0 Å². The molecule has 0 heterocycles. The van der Waals surface area contributed by atoms with Gasteiger partial charge in [0.05, 0.1) is 68.5 Å². The van der Waals surface area contributed by atoms with Crippen molar-refractivity contribution in [2.45, 2.75) is 12.8 Å². The van der Waals surface area contributed by atoms with Crippen LogP contribution in [0.4, 0.5) is 0 Å². The van der Waals surface area contributed by atoms with E-state index in [2.05, 4.69) is 52.9 Å². The molecule has 0 aliphatic carbocycles. The SMILES string of the molecule is C[N+](C)(C)CCNC(=O)CCC(=O)NCC[N+](C)(C)C.[I-].[I-]. The average molecular weight is 542 g/mol. The summed E-state index contributed by atoms with van der Waals surface area (Å²) in [6.07, 6.45) is 0.515. The molecule has 2 N–H and O–H groups in total. The van der Waals surface area contributed by atoms with Crippen LogP contribution in [0.15, 0.2) is 0 Å². The maximum Gasteiger partial charge on any atom is 0.220 e. The molecule has 0 saturated heterocycles. The van der Waals surface area contributed by atoms with Gasteiger partial charge in [-0.3, -0.25) is 9.59 Å². The minimum Gasteiger partial charge on any atom is -1.00 e. The predicted molar refractivity (Wildman–Crippen MR) is 81.1 cm³/mol. The van der Waals surface area contributed by atoms with E-state index in [0.717, 1.165) is 22.1 Å². The van der Waals surface area contributed by atoms with E-state index in [4.69, 9.17) is 0 Å². The fourth-order valence-electron chi connectivity index (χ4n) is 1.47. The van der Waals surface area contributed by atoms with Crippen molar-refractivity contribution >= 4 is 11.8 Å². The van der Waals surface area contributed by atoms with Crippen LogP contribution in [0.1, 0.15) is 12.8 Å². The summed E-state index contributed by atoms with van der Waals surface area (Å²) in [6, 6.07) is 0. The maximum absolute atomic E-state index is 11.6. The number of quaternary nitrogens is 2. The molecular weight excluding hydrogens is 510 g/mol. The summed E-state index contributed by atoms with van der Waals surface area (Å²) in [5, 5.41) is 5.67. The van der Waals surface area contributed by atoms with Crippen molar-refractivity contribution in [3.05, 3.63) is 0 Å². The fraction of sp³-hybridized carbons (Fsp3) is 0.857. The minimum absolute atomic E-state index is 0. The number of carbonyl (C=O) groups excluding carboxylic acids is 2. The molecule has 2 amide bonds. The van der Waals surface area contributed by atoms with E-state index in [1.54, 1.807) is 0 Å². The van der Waals surface area contributed by atoms with Crippen molar-refractivity contribution in [1.29, 1.82) is 0 Å². The minimum atomic E-state index is -0.0554. The summed E-state index contributed by atoms with van der Waals surface area (Å²) >= 11 is 0. The molecule has 0 spiro atoms. The number of halogens is 2. The Morgan fingerprint density at radius 2 is 0.955 bits per heavy atom. The molecule has 0 unspecified atom stereocenters. The summed E-state index contributed by atoms with van der Waals surface area (Å²) in [4.78, 5) is 23.1. The number of nitrogens with zero attached hydrogens (tertiary/aromatic N) is 2. The van der Waals surface area contributed by atoms with Gasteiger partial charge < -0.3 is 67.6 Å². The molecule has 6 nitrogen and oxygen atoms in total. The standard InChI is InChI=1S/C14H30N4O2.2HI/c1-17(2,3)11-9-15-13(19)7-8-14(20)16-10-12-18(4,5)6;;/h7-12H2,1-6H3;2*1H. The van der Waals surface area contributed by atoms with Crippen LogP contribution in [0.25, 0.3) is 0 Å². The Morgan fingerprint density at radius 1 is 0.682 bits per heavy atom. The second-order valence-corrected chi connectivity index (χ2v) is 7.23. The van der Waals surface area contributed by atoms with Crippen LogP contribution in [0.2, 0.25) is 0 Å². The number of amides is 2. The first-order valence-corrected chi connectivity index (χ1v) is 7.14. The molecule has 0 aromatic rings. The van der Waals surface area contributed by atoms with Gasteiger partial charge in [0.1, 0.15) is 0 Å². The number of likely N-dealkylation sites (N-methyl/N-ethyl adjacent to an activating group) is 2. The molecule has 0 radical (unpaired) electrons. The van der Waals surface area contributed by atoms with Crippen LogP contribution in [0.5, 0.6) is 0 Å². The second-order valence-electron chi connectivity index (χ2n) is 7.23. The van der Waals surface area contributed by atoms with E-state index < -0.39 is 0 Å². The first-order chi connectivity index (χ1) is 8.99. The molecular formula is C14H32I2N4O2. The Balaban J connectivity index is -0.00000180. The van der Waals surface area contributed by atoms with Crippen LogP contribution >= 0.6 is 0 Å². The van der Waals surface area contributed by atoms with E-state index >= 15 is 0 Å². The molecule has 0 bridgehead atoms. The molecule has 0 saturated carbocycles. The predicted octanol–water partition coefficient (Wildman–Crippen LogP) is -6.58. The molecule has 0 aromatic heterocycles. The van der Waals surface area contributed by atoms with Crippen molar-refractivity contribution in [3.63, 3.8) is 0 Å². The number of nitrogens with one attached hydrogen (secondary N) is 2. The lowest BCUT2D eigenvalue weighted by Crippen LogP contribution is -3.00. The van der Waals surface area contributed by atoms with E-state index in [1.807, 2.05) is 0 Å². The third kappa shape index (κ3) is 20.3. The normalized spacial score (nSPS) is 11.0. The van der Waals surface area contributed by atoms with Crippen LogP contribution in [0.3, 0.4) is 0 Å². The molecule has 0 aliphatic rings. The van der Waals surface area contributed by atoms with Gasteiger partial charge in [-0.25, -0.2) is 0 Å². The van der Waals surface area contributed by atoms with Gasteiger partial charge in [0.15, 0.2) is 0 Å². The van der Waals surface area contributed by atoms with Gasteiger partial charge in [-0.05, 0) is 0 Å². The smallest absolute Gasteiger partial charge is 0.220 e. The van der Waals surface area contributed by atoms with Crippen molar-refractivity contribution in [2.75, 3.05) is 68.5 Å². The van der Waals surface area contributed by atoms with E-state index in [0.29, 0.717) is 13.1 Å². The largest absolute Gasteiger partial charge is 1.00 e. The van der Waals surface area contributed by atoms with Gasteiger partial charge >= 0.3 is 0 Å². The first kappa shape index (κ1) is 27.2. The highest BCUT2D eigenvalue weighted by molar-refractivity contribution is 5.83. The van der Waals surface area contributed by atoms with Crippen molar-refractivity contribution in [3.8, 4) is 0 Å². The fourth-order valence-corrected chi connectivity index (χ4v) is 1.47. The zero-order valence-corrected chi connectivity index (χ0v) is 19.0. The van der Waals surface area contributed by atoms with Crippen molar-refractivity contribution < 1.29 is 66.5 Å². The lowest BCUT2D eigenvalue weighted by molar-refractivity contribution is -0.869. The van der Waals surface area contributed by atoms with E-state index in [1.165, 1.54) is 0 Å². The maximum atomic E-state index is 11.6. The summed E-state index contributed by atoms with van der Waals surface area (Å²) in [7, 11) is 12.5. The quantitative estimate of drug-likeness (QED) is 0.225.